The zero-order valence-electron chi connectivity index (χ0n) is 13.5. The second-order valence-corrected chi connectivity index (χ2v) is 6.34. The smallest absolute Gasteiger partial charge is 0.261 e. The fourth-order valence-electron chi connectivity index (χ4n) is 2.29. The van der Waals surface area contributed by atoms with Gasteiger partial charge < -0.3 is 10.6 Å². The van der Waals surface area contributed by atoms with Gasteiger partial charge in [0, 0.05) is 19.3 Å². The number of carbonyl (C=O) groups is 2. The van der Waals surface area contributed by atoms with Crippen molar-refractivity contribution in [1.29, 1.82) is 0 Å². The molecule has 2 amide bonds. The Morgan fingerprint density at radius 2 is 1.84 bits per heavy atom. The summed E-state index contributed by atoms with van der Waals surface area (Å²) in [4.78, 5) is 24.4. The predicted molar refractivity (Wildman–Crippen MR) is 96.9 cm³/mol. The summed E-state index contributed by atoms with van der Waals surface area (Å²) >= 11 is 1.39. The first-order chi connectivity index (χ1) is 12.2. The van der Waals surface area contributed by atoms with Gasteiger partial charge in [-0.3, -0.25) is 9.59 Å². The Labute approximate surface area is 149 Å². The van der Waals surface area contributed by atoms with Gasteiger partial charge in [-0.05, 0) is 29.1 Å². The van der Waals surface area contributed by atoms with Crippen LogP contribution < -0.4 is 10.6 Å². The first-order valence-corrected chi connectivity index (χ1v) is 8.78. The lowest BCUT2D eigenvalue weighted by molar-refractivity contribution is -0.120. The van der Waals surface area contributed by atoms with Crippen molar-refractivity contribution in [3.63, 3.8) is 0 Å². The molecule has 2 aromatic heterocycles. The number of nitrogens with one attached hydrogen (secondary N) is 2. The molecule has 0 unspecified atom stereocenters. The Bertz CT molecular complexity index is 828. The number of amides is 2. The highest BCUT2D eigenvalue weighted by Gasteiger charge is 2.08. The molecule has 0 saturated carbocycles. The first kappa shape index (κ1) is 16.9. The maximum atomic E-state index is 12.0. The van der Waals surface area contributed by atoms with Gasteiger partial charge in [0.05, 0.1) is 23.2 Å². The summed E-state index contributed by atoms with van der Waals surface area (Å²) in [5, 5.41) is 11.7. The fraction of sp³-hybridized carbons (Fsp3) is 0.167. The molecular weight excluding hydrogens is 336 g/mol. The number of nitrogens with zero attached hydrogens (tertiary/aromatic N) is 2. The molecule has 0 aliphatic carbocycles. The standard InChI is InChI=1S/C18H18N4O2S/c23-17(19-8-9-20-18(24)16-7-4-10-25-16)11-14-12-21-22(13-14)15-5-2-1-3-6-15/h1-7,10,12-13H,8-9,11H2,(H,19,23)(H,20,24). The molecule has 0 atom stereocenters. The number of carbonyl (C=O) groups excluding carboxylic acids is 2. The van der Waals surface area contributed by atoms with Crippen LogP contribution in [-0.2, 0) is 11.2 Å². The minimum absolute atomic E-state index is 0.0991. The molecule has 0 bridgehead atoms. The fourth-order valence-corrected chi connectivity index (χ4v) is 2.93. The molecule has 7 heteroatoms. The molecule has 0 fully saturated rings. The Morgan fingerprint density at radius 3 is 2.60 bits per heavy atom. The van der Waals surface area contributed by atoms with E-state index in [1.165, 1.54) is 11.3 Å². The van der Waals surface area contributed by atoms with Crippen LogP contribution in [0.25, 0.3) is 5.69 Å². The van der Waals surface area contributed by atoms with E-state index in [2.05, 4.69) is 15.7 Å². The van der Waals surface area contributed by atoms with Crippen LogP contribution in [0.4, 0.5) is 0 Å². The Balaban J connectivity index is 1.41. The highest BCUT2D eigenvalue weighted by molar-refractivity contribution is 7.12. The van der Waals surface area contributed by atoms with Gasteiger partial charge >= 0.3 is 0 Å². The van der Waals surface area contributed by atoms with Crippen LogP contribution in [0.5, 0.6) is 0 Å². The molecule has 25 heavy (non-hydrogen) atoms. The van der Waals surface area contributed by atoms with Crippen LogP contribution in [-0.4, -0.2) is 34.7 Å². The monoisotopic (exact) mass is 354 g/mol. The normalized spacial score (nSPS) is 10.4. The quantitative estimate of drug-likeness (QED) is 0.638. The third kappa shape index (κ3) is 4.77. The average Bonchev–Trinajstić information content (AvgIpc) is 3.31. The van der Waals surface area contributed by atoms with E-state index in [9.17, 15) is 9.59 Å². The Morgan fingerprint density at radius 1 is 1.04 bits per heavy atom. The van der Waals surface area contributed by atoms with Crippen molar-refractivity contribution in [2.45, 2.75) is 6.42 Å². The minimum atomic E-state index is -0.117. The number of hydrogen-bond donors (Lipinski definition) is 2. The van der Waals surface area contributed by atoms with Gasteiger partial charge in [0.25, 0.3) is 5.91 Å². The van der Waals surface area contributed by atoms with Crippen molar-refractivity contribution in [1.82, 2.24) is 20.4 Å². The maximum Gasteiger partial charge on any atom is 0.261 e. The van der Waals surface area contributed by atoms with E-state index in [1.807, 2.05) is 48.0 Å². The third-order valence-electron chi connectivity index (χ3n) is 3.50. The van der Waals surface area contributed by atoms with Crippen molar-refractivity contribution in [2.75, 3.05) is 13.1 Å². The van der Waals surface area contributed by atoms with Gasteiger partial charge in [-0.15, -0.1) is 11.3 Å². The van der Waals surface area contributed by atoms with E-state index in [0.717, 1.165) is 11.3 Å². The second-order valence-electron chi connectivity index (χ2n) is 5.39. The zero-order chi connectivity index (χ0) is 17.5. The largest absolute Gasteiger partial charge is 0.354 e. The molecule has 6 nitrogen and oxygen atoms in total. The maximum absolute atomic E-state index is 12.0. The van der Waals surface area contributed by atoms with Gasteiger partial charge in [0.2, 0.25) is 5.91 Å². The van der Waals surface area contributed by atoms with Crippen LogP contribution in [0.15, 0.2) is 60.2 Å². The summed E-state index contributed by atoms with van der Waals surface area (Å²) in [6.45, 7) is 0.786. The Kier molecular flexibility index (Phi) is 5.58. The lowest BCUT2D eigenvalue weighted by Gasteiger charge is -2.05. The number of benzene rings is 1. The van der Waals surface area contributed by atoms with Crippen LogP contribution in [0.2, 0.25) is 0 Å². The predicted octanol–water partition coefficient (Wildman–Crippen LogP) is 2.02. The summed E-state index contributed by atoms with van der Waals surface area (Å²) in [5.74, 6) is -0.216. The lowest BCUT2D eigenvalue weighted by atomic mass is 10.2. The van der Waals surface area contributed by atoms with Gasteiger partial charge in [0.15, 0.2) is 0 Å². The van der Waals surface area contributed by atoms with Crippen LogP contribution in [0, 0.1) is 0 Å². The topological polar surface area (TPSA) is 76.0 Å². The van der Waals surface area contributed by atoms with E-state index < -0.39 is 0 Å². The Hall–Kier alpha value is -2.93. The molecule has 1 aromatic carbocycles. The van der Waals surface area contributed by atoms with Crippen molar-refractivity contribution < 1.29 is 9.59 Å². The molecule has 3 aromatic rings. The number of thiophene rings is 1. The van der Waals surface area contributed by atoms with E-state index >= 15 is 0 Å². The number of aromatic nitrogens is 2. The molecule has 2 N–H and O–H groups in total. The highest BCUT2D eigenvalue weighted by Crippen LogP contribution is 2.08. The van der Waals surface area contributed by atoms with Crippen LogP contribution >= 0.6 is 11.3 Å². The van der Waals surface area contributed by atoms with E-state index in [4.69, 9.17) is 0 Å². The average molecular weight is 354 g/mol. The minimum Gasteiger partial charge on any atom is -0.354 e. The third-order valence-corrected chi connectivity index (χ3v) is 4.37. The zero-order valence-corrected chi connectivity index (χ0v) is 14.3. The van der Waals surface area contributed by atoms with Gasteiger partial charge in [-0.2, -0.15) is 5.10 Å². The molecule has 0 spiro atoms. The van der Waals surface area contributed by atoms with Crippen molar-refractivity contribution in [2.24, 2.45) is 0 Å². The van der Waals surface area contributed by atoms with Gasteiger partial charge in [0.1, 0.15) is 0 Å². The van der Waals surface area contributed by atoms with Gasteiger partial charge in [-0.1, -0.05) is 24.3 Å². The van der Waals surface area contributed by atoms with Gasteiger partial charge in [-0.25, -0.2) is 4.68 Å². The summed E-state index contributed by atoms with van der Waals surface area (Å²) in [6.07, 6.45) is 3.78. The van der Waals surface area contributed by atoms with E-state index in [0.29, 0.717) is 18.0 Å². The summed E-state index contributed by atoms with van der Waals surface area (Å²) in [5.41, 5.74) is 1.79. The summed E-state index contributed by atoms with van der Waals surface area (Å²) < 4.78 is 1.74. The van der Waals surface area contributed by atoms with E-state index in [1.54, 1.807) is 16.9 Å². The lowest BCUT2D eigenvalue weighted by Crippen LogP contribution is -2.35. The molecule has 0 saturated heterocycles. The molecule has 128 valence electrons. The SMILES string of the molecule is O=C(Cc1cnn(-c2ccccc2)c1)NCCNC(=O)c1cccs1. The molecule has 3 rings (SSSR count). The van der Waals surface area contributed by atoms with E-state index in [-0.39, 0.29) is 18.2 Å². The van der Waals surface area contributed by atoms with Crippen LogP contribution in [0.3, 0.4) is 0 Å². The first-order valence-electron chi connectivity index (χ1n) is 7.90. The summed E-state index contributed by atoms with van der Waals surface area (Å²) in [6, 6.07) is 13.3. The molecule has 2 heterocycles. The summed E-state index contributed by atoms with van der Waals surface area (Å²) in [7, 11) is 0. The van der Waals surface area contributed by atoms with Crippen molar-refractivity contribution in [3.8, 4) is 5.69 Å². The number of rotatable bonds is 7. The number of hydrogen-bond acceptors (Lipinski definition) is 4. The molecule has 0 aliphatic rings. The molecule has 0 radical (unpaired) electrons. The number of para-hydroxylation sites is 1. The highest BCUT2D eigenvalue weighted by atomic mass is 32.1. The van der Waals surface area contributed by atoms with Crippen LogP contribution in [0.1, 0.15) is 15.2 Å². The second kappa shape index (κ2) is 8.25. The van der Waals surface area contributed by atoms with Crippen molar-refractivity contribution in [3.05, 3.63) is 70.7 Å². The van der Waals surface area contributed by atoms with Crippen molar-refractivity contribution >= 4 is 23.2 Å². The molecular formula is C18H18N4O2S. The molecule has 0 aliphatic heterocycles.